The molecule has 0 bridgehead atoms. The SMILES string of the molecule is CCc1nncn1CCNC(=NCC1CCCCO1)NCCCN1CCCC1=O.I. The number of rotatable bonds is 10. The molecule has 2 fully saturated rings. The van der Waals surface area contributed by atoms with Crippen molar-refractivity contribution < 1.29 is 9.53 Å². The Labute approximate surface area is 196 Å². The van der Waals surface area contributed by atoms with Crippen molar-refractivity contribution in [1.29, 1.82) is 0 Å². The maximum Gasteiger partial charge on any atom is 0.222 e. The summed E-state index contributed by atoms with van der Waals surface area (Å²) >= 11 is 0. The Bertz CT molecular complexity index is 661. The number of hydrogen-bond donors (Lipinski definition) is 2. The molecule has 2 aliphatic rings. The fourth-order valence-corrected chi connectivity index (χ4v) is 3.77. The minimum Gasteiger partial charge on any atom is -0.376 e. The molecule has 1 amide bonds. The first-order valence-corrected chi connectivity index (χ1v) is 11.0. The molecule has 1 aromatic rings. The lowest BCUT2D eigenvalue weighted by molar-refractivity contribution is -0.127. The molecule has 1 unspecified atom stereocenters. The van der Waals surface area contributed by atoms with E-state index in [9.17, 15) is 4.79 Å². The third kappa shape index (κ3) is 8.01. The number of nitrogens with one attached hydrogen (secondary N) is 2. The van der Waals surface area contributed by atoms with Crippen LogP contribution in [0.3, 0.4) is 0 Å². The molecule has 30 heavy (non-hydrogen) atoms. The summed E-state index contributed by atoms with van der Waals surface area (Å²) in [6.07, 6.45) is 8.91. The summed E-state index contributed by atoms with van der Waals surface area (Å²) in [5, 5.41) is 14.9. The van der Waals surface area contributed by atoms with Crippen molar-refractivity contribution in [1.82, 2.24) is 30.3 Å². The van der Waals surface area contributed by atoms with Crippen LogP contribution in [-0.2, 0) is 22.5 Å². The van der Waals surface area contributed by atoms with Crippen LogP contribution in [0.4, 0.5) is 0 Å². The Kier molecular flexibility index (Phi) is 11.4. The van der Waals surface area contributed by atoms with E-state index < -0.39 is 0 Å². The summed E-state index contributed by atoms with van der Waals surface area (Å²) in [6, 6.07) is 0. The maximum atomic E-state index is 11.7. The highest BCUT2D eigenvalue weighted by molar-refractivity contribution is 14.0. The molecule has 10 heteroatoms. The second-order valence-electron chi connectivity index (χ2n) is 7.66. The molecule has 2 aliphatic heterocycles. The quantitative estimate of drug-likeness (QED) is 0.205. The van der Waals surface area contributed by atoms with Gasteiger partial charge in [-0.25, -0.2) is 0 Å². The van der Waals surface area contributed by atoms with Crippen LogP contribution >= 0.6 is 24.0 Å². The van der Waals surface area contributed by atoms with Gasteiger partial charge >= 0.3 is 0 Å². The van der Waals surface area contributed by atoms with Crippen LogP contribution in [-0.4, -0.2) is 77.0 Å². The van der Waals surface area contributed by atoms with Crippen molar-refractivity contribution in [3.05, 3.63) is 12.2 Å². The zero-order chi connectivity index (χ0) is 20.3. The van der Waals surface area contributed by atoms with Gasteiger partial charge in [-0.15, -0.1) is 34.2 Å². The van der Waals surface area contributed by atoms with Gasteiger partial charge < -0.3 is 24.8 Å². The average molecular weight is 533 g/mol. The molecule has 9 nitrogen and oxygen atoms in total. The summed E-state index contributed by atoms with van der Waals surface area (Å²) in [5.74, 6) is 2.08. The second-order valence-corrected chi connectivity index (χ2v) is 7.66. The van der Waals surface area contributed by atoms with Crippen LogP contribution in [0.25, 0.3) is 0 Å². The van der Waals surface area contributed by atoms with E-state index in [0.29, 0.717) is 13.0 Å². The van der Waals surface area contributed by atoms with Gasteiger partial charge in [0.05, 0.1) is 12.6 Å². The molecular weight excluding hydrogens is 497 g/mol. The molecular formula is C20H36IN7O2. The Hall–Kier alpha value is -1.43. The largest absolute Gasteiger partial charge is 0.376 e. The number of guanidine groups is 1. The minimum atomic E-state index is 0. The van der Waals surface area contributed by atoms with Crippen LogP contribution in [0.1, 0.15) is 51.3 Å². The van der Waals surface area contributed by atoms with Crippen molar-refractivity contribution in [2.45, 2.75) is 64.5 Å². The number of aryl methyl sites for hydroxylation is 1. The van der Waals surface area contributed by atoms with Crippen molar-refractivity contribution in [2.24, 2.45) is 4.99 Å². The zero-order valence-corrected chi connectivity index (χ0v) is 20.3. The van der Waals surface area contributed by atoms with E-state index in [1.54, 1.807) is 6.33 Å². The Balaban J connectivity index is 0.00000320. The maximum absolute atomic E-state index is 11.7. The molecule has 0 aliphatic carbocycles. The van der Waals surface area contributed by atoms with Crippen molar-refractivity contribution in [2.75, 3.05) is 39.3 Å². The molecule has 0 aromatic carbocycles. The zero-order valence-electron chi connectivity index (χ0n) is 18.0. The molecule has 0 spiro atoms. The number of carbonyl (C=O) groups excluding carboxylic acids is 1. The van der Waals surface area contributed by atoms with Crippen LogP contribution in [0, 0.1) is 0 Å². The average Bonchev–Trinajstić information content (AvgIpc) is 3.38. The van der Waals surface area contributed by atoms with Crippen LogP contribution in [0.15, 0.2) is 11.3 Å². The first-order chi connectivity index (χ1) is 14.3. The highest BCUT2D eigenvalue weighted by Gasteiger charge is 2.19. The van der Waals surface area contributed by atoms with E-state index in [0.717, 1.165) is 83.2 Å². The lowest BCUT2D eigenvalue weighted by Gasteiger charge is -2.22. The van der Waals surface area contributed by atoms with E-state index in [2.05, 4.69) is 32.3 Å². The monoisotopic (exact) mass is 533 g/mol. The number of nitrogens with zero attached hydrogens (tertiary/aromatic N) is 5. The number of aliphatic imine (C=N–C) groups is 1. The minimum absolute atomic E-state index is 0. The van der Waals surface area contributed by atoms with Crippen LogP contribution in [0.2, 0.25) is 0 Å². The smallest absolute Gasteiger partial charge is 0.222 e. The van der Waals surface area contributed by atoms with Gasteiger partial charge in [0.15, 0.2) is 5.96 Å². The first-order valence-electron chi connectivity index (χ1n) is 11.0. The highest BCUT2D eigenvalue weighted by Crippen LogP contribution is 2.12. The number of likely N-dealkylation sites (tertiary alicyclic amines) is 1. The van der Waals surface area contributed by atoms with Gasteiger partial charge in [0.2, 0.25) is 5.91 Å². The van der Waals surface area contributed by atoms with E-state index >= 15 is 0 Å². The normalized spacial score (nSPS) is 19.6. The lowest BCUT2D eigenvalue weighted by Crippen LogP contribution is -2.41. The third-order valence-electron chi connectivity index (χ3n) is 5.45. The predicted octanol–water partition coefficient (Wildman–Crippen LogP) is 1.58. The van der Waals surface area contributed by atoms with E-state index in [-0.39, 0.29) is 36.0 Å². The molecule has 3 heterocycles. The van der Waals surface area contributed by atoms with Crippen molar-refractivity contribution in [3.63, 3.8) is 0 Å². The van der Waals surface area contributed by atoms with E-state index in [4.69, 9.17) is 9.73 Å². The van der Waals surface area contributed by atoms with E-state index in [1.165, 1.54) is 6.42 Å². The molecule has 0 saturated carbocycles. The summed E-state index contributed by atoms with van der Waals surface area (Å²) in [6.45, 7) is 7.62. The van der Waals surface area contributed by atoms with Gasteiger partial charge in [-0.3, -0.25) is 9.79 Å². The van der Waals surface area contributed by atoms with Gasteiger partial charge in [0, 0.05) is 52.2 Å². The lowest BCUT2D eigenvalue weighted by atomic mass is 10.1. The standard InChI is InChI=1S/C20H35N7O2.HI/c1-2-18-25-24-16-27(18)13-10-22-20(23-15-17-7-3-4-14-29-17)21-9-6-12-26-11-5-8-19(26)28;/h16-17H,2-15H2,1H3,(H2,21,22,23);1H. The number of hydrogen-bond acceptors (Lipinski definition) is 5. The Morgan fingerprint density at radius 3 is 2.87 bits per heavy atom. The number of amides is 1. The number of carbonyl (C=O) groups is 1. The summed E-state index contributed by atoms with van der Waals surface area (Å²) < 4.78 is 7.86. The van der Waals surface area contributed by atoms with Crippen LogP contribution < -0.4 is 10.6 Å². The van der Waals surface area contributed by atoms with Crippen molar-refractivity contribution in [3.8, 4) is 0 Å². The van der Waals surface area contributed by atoms with Gasteiger partial charge in [-0.1, -0.05) is 6.92 Å². The van der Waals surface area contributed by atoms with E-state index in [1.807, 2.05) is 4.90 Å². The third-order valence-corrected chi connectivity index (χ3v) is 5.45. The summed E-state index contributed by atoms with van der Waals surface area (Å²) in [5.41, 5.74) is 0. The van der Waals surface area contributed by atoms with Gasteiger partial charge in [0.25, 0.3) is 0 Å². The molecule has 1 aromatic heterocycles. The molecule has 0 radical (unpaired) electrons. The summed E-state index contributed by atoms with van der Waals surface area (Å²) in [7, 11) is 0. The van der Waals surface area contributed by atoms with Crippen molar-refractivity contribution >= 4 is 35.8 Å². The fourth-order valence-electron chi connectivity index (χ4n) is 3.77. The van der Waals surface area contributed by atoms with Crippen LogP contribution in [0.5, 0.6) is 0 Å². The Morgan fingerprint density at radius 2 is 2.13 bits per heavy atom. The fraction of sp³-hybridized carbons (Fsp3) is 0.800. The number of halogens is 1. The second kappa shape index (κ2) is 13.8. The van der Waals surface area contributed by atoms with Gasteiger partial charge in [0.1, 0.15) is 12.2 Å². The molecule has 2 N–H and O–H groups in total. The number of aromatic nitrogens is 3. The number of ether oxygens (including phenoxy) is 1. The first kappa shape index (κ1) is 24.8. The molecule has 2 saturated heterocycles. The van der Waals surface area contributed by atoms with Gasteiger partial charge in [-0.2, -0.15) is 0 Å². The topological polar surface area (TPSA) is 96.7 Å². The summed E-state index contributed by atoms with van der Waals surface area (Å²) in [4.78, 5) is 18.4. The molecule has 170 valence electrons. The predicted molar refractivity (Wildman–Crippen MR) is 127 cm³/mol. The van der Waals surface area contributed by atoms with Gasteiger partial charge in [-0.05, 0) is 32.1 Å². The highest BCUT2D eigenvalue weighted by atomic mass is 127. The Morgan fingerprint density at radius 1 is 1.27 bits per heavy atom. The molecule has 3 rings (SSSR count). The molecule has 1 atom stereocenters.